The molecule has 0 aliphatic carbocycles. The van der Waals surface area contributed by atoms with Gasteiger partial charge in [0.25, 0.3) is 0 Å². The quantitative estimate of drug-likeness (QED) is 0.448. The number of ether oxygens (including phenoxy) is 1. The van der Waals surface area contributed by atoms with Crippen LogP contribution >= 0.6 is 0 Å². The third-order valence-corrected chi connectivity index (χ3v) is 8.09. The predicted octanol–water partition coefficient (Wildman–Crippen LogP) is 2.18. The van der Waals surface area contributed by atoms with Gasteiger partial charge in [0.1, 0.15) is 5.82 Å². The fourth-order valence-corrected chi connectivity index (χ4v) is 5.87. The molecule has 186 valence electrons. The van der Waals surface area contributed by atoms with Crippen molar-refractivity contribution in [1.29, 1.82) is 0 Å². The van der Waals surface area contributed by atoms with E-state index in [0.29, 0.717) is 12.3 Å². The maximum absolute atomic E-state index is 6.35. The van der Waals surface area contributed by atoms with Gasteiger partial charge >= 0.3 is 0 Å². The Balaban J connectivity index is 1.15. The number of H-pyrrole nitrogens is 1. The van der Waals surface area contributed by atoms with Crippen LogP contribution in [0.3, 0.4) is 0 Å². The number of fused-ring (bicyclic) bond motifs is 2. The van der Waals surface area contributed by atoms with E-state index in [1.807, 2.05) is 25.6 Å². The number of hydrogen-bond acceptors (Lipinski definition) is 9. The number of aryl methyl sites for hydroxylation is 2. The molecular formula is C25H30N10O. The topological polar surface area (TPSA) is 127 Å². The Kier molecular flexibility index (Phi) is 4.97. The standard InChI is InChI=1S/C25H30N10O/c1-33-13-16(11-28-33)17-4-5-19-18(29-17)3-2-8-35(19)24-22-23(31-32-24)30-21(12-27-22)34-9-6-25(7-10-34)15-36-14-20(25)26/h4-5,11-13,20H,2-3,6-10,14-15,26H2,1H3,(H,30,31,32)/t20-/m1/s1. The van der Waals surface area contributed by atoms with Gasteiger partial charge in [0, 0.05) is 49.9 Å². The van der Waals surface area contributed by atoms with Crippen LogP contribution in [0.4, 0.5) is 17.3 Å². The normalized spacial score (nSPS) is 21.4. The van der Waals surface area contributed by atoms with E-state index in [0.717, 1.165) is 91.7 Å². The van der Waals surface area contributed by atoms with Gasteiger partial charge in [-0.1, -0.05) is 0 Å². The van der Waals surface area contributed by atoms with Gasteiger partial charge in [0.2, 0.25) is 0 Å². The fraction of sp³-hybridized carbons (Fsp3) is 0.480. The largest absolute Gasteiger partial charge is 0.379 e. The molecular weight excluding hydrogens is 456 g/mol. The molecule has 11 heteroatoms. The number of rotatable bonds is 3. The molecule has 1 atom stereocenters. The second-order valence-corrected chi connectivity index (χ2v) is 10.3. The first kappa shape index (κ1) is 21.7. The summed E-state index contributed by atoms with van der Waals surface area (Å²) in [4.78, 5) is 19.2. The summed E-state index contributed by atoms with van der Waals surface area (Å²) in [6, 6.07) is 4.32. The van der Waals surface area contributed by atoms with E-state index in [2.05, 4.69) is 37.2 Å². The van der Waals surface area contributed by atoms with Gasteiger partial charge in [0.15, 0.2) is 17.0 Å². The lowest BCUT2D eigenvalue weighted by molar-refractivity contribution is 0.131. The van der Waals surface area contributed by atoms with E-state index in [-0.39, 0.29) is 11.5 Å². The predicted molar refractivity (Wildman–Crippen MR) is 136 cm³/mol. The Bertz CT molecular complexity index is 1420. The molecule has 0 saturated carbocycles. The lowest BCUT2D eigenvalue weighted by Crippen LogP contribution is -2.49. The van der Waals surface area contributed by atoms with Crippen LogP contribution < -0.4 is 15.5 Å². The highest BCUT2D eigenvalue weighted by atomic mass is 16.5. The molecule has 4 aromatic rings. The first-order chi connectivity index (χ1) is 17.6. The molecule has 2 fully saturated rings. The molecule has 36 heavy (non-hydrogen) atoms. The molecule has 3 N–H and O–H groups in total. The van der Waals surface area contributed by atoms with Gasteiger partial charge in [-0.2, -0.15) is 10.2 Å². The molecule has 0 amide bonds. The van der Waals surface area contributed by atoms with Crippen molar-refractivity contribution in [2.45, 2.75) is 31.7 Å². The lowest BCUT2D eigenvalue weighted by Gasteiger charge is -2.41. The van der Waals surface area contributed by atoms with Gasteiger partial charge in [-0.15, -0.1) is 0 Å². The number of aromatic nitrogens is 7. The third-order valence-electron chi connectivity index (χ3n) is 8.09. The first-order valence-electron chi connectivity index (χ1n) is 12.7. The van der Waals surface area contributed by atoms with E-state index >= 15 is 0 Å². The zero-order valence-corrected chi connectivity index (χ0v) is 20.4. The van der Waals surface area contributed by atoms with Crippen molar-refractivity contribution in [3.63, 3.8) is 0 Å². The third kappa shape index (κ3) is 3.45. The van der Waals surface area contributed by atoms with Gasteiger partial charge in [-0.3, -0.25) is 14.8 Å². The summed E-state index contributed by atoms with van der Waals surface area (Å²) in [5.41, 5.74) is 12.1. The van der Waals surface area contributed by atoms with Crippen molar-refractivity contribution in [3.05, 3.63) is 36.4 Å². The van der Waals surface area contributed by atoms with Crippen molar-refractivity contribution in [3.8, 4) is 11.3 Å². The number of aromatic amines is 1. The highest BCUT2D eigenvalue weighted by Crippen LogP contribution is 2.40. The molecule has 0 bridgehead atoms. The van der Waals surface area contributed by atoms with Gasteiger partial charge in [-0.05, 0) is 37.8 Å². The molecule has 3 aliphatic heterocycles. The maximum Gasteiger partial charge on any atom is 0.183 e. The zero-order chi connectivity index (χ0) is 24.3. The minimum atomic E-state index is 0.113. The Labute approximate surface area is 208 Å². The highest BCUT2D eigenvalue weighted by Gasteiger charge is 2.44. The highest BCUT2D eigenvalue weighted by molar-refractivity contribution is 5.87. The summed E-state index contributed by atoms with van der Waals surface area (Å²) in [6.45, 7) is 4.11. The van der Waals surface area contributed by atoms with Crippen LogP contribution in [0.15, 0.2) is 30.7 Å². The second-order valence-electron chi connectivity index (χ2n) is 10.3. The van der Waals surface area contributed by atoms with Gasteiger partial charge in [0.05, 0.1) is 42.7 Å². The zero-order valence-electron chi connectivity index (χ0n) is 20.4. The van der Waals surface area contributed by atoms with E-state index in [9.17, 15) is 0 Å². The molecule has 0 radical (unpaired) electrons. The average Bonchev–Trinajstić information content (AvgIpc) is 3.62. The molecule has 4 aromatic heterocycles. The van der Waals surface area contributed by atoms with Gasteiger partial charge < -0.3 is 20.3 Å². The Morgan fingerprint density at radius 3 is 2.81 bits per heavy atom. The summed E-state index contributed by atoms with van der Waals surface area (Å²) < 4.78 is 7.46. The van der Waals surface area contributed by atoms with Crippen molar-refractivity contribution >= 4 is 28.5 Å². The molecule has 7 rings (SSSR count). The van der Waals surface area contributed by atoms with Crippen LogP contribution in [0, 0.1) is 5.41 Å². The summed E-state index contributed by atoms with van der Waals surface area (Å²) in [5.74, 6) is 1.68. The molecule has 3 aliphatic rings. The Morgan fingerprint density at radius 1 is 1.14 bits per heavy atom. The minimum Gasteiger partial charge on any atom is -0.379 e. The van der Waals surface area contributed by atoms with Crippen molar-refractivity contribution in [2.75, 3.05) is 42.6 Å². The first-order valence-corrected chi connectivity index (χ1v) is 12.7. The number of pyridine rings is 1. The van der Waals surface area contributed by atoms with E-state index in [4.69, 9.17) is 25.4 Å². The van der Waals surface area contributed by atoms with Crippen LogP contribution in [0.25, 0.3) is 22.4 Å². The number of nitrogens with two attached hydrogens (primary N) is 1. The van der Waals surface area contributed by atoms with E-state index in [1.165, 1.54) is 0 Å². The molecule has 2 saturated heterocycles. The SMILES string of the molecule is Cn1cc(-c2ccc3c(n2)CCCN3c2n[nH]c3nc(N4CCC5(CC4)COC[C@H]5N)cnc23)cn1. The second kappa shape index (κ2) is 8.24. The van der Waals surface area contributed by atoms with Crippen LogP contribution in [0.1, 0.15) is 25.0 Å². The van der Waals surface area contributed by atoms with Crippen LogP contribution in [-0.4, -0.2) is 73.8 Å². The monoisotopic (exact) mass is 486 g/mol. The summed E-state index contributed by atoms with van der Waals surface area (Å²) in [6.07, 6.45) is 9.67. The van der Waals surface area contributed by atoms with E-state index < -0.39 is 0 Å². The molecule has 0 unspecified atom stereocenters. The fourth-order valence-electron chi connectivity index (χ4n) is 5.87. The number of nitrogens with zero attached hydrogens (tertiary/aromatic N) is 8. The molecule has 0 aromatic carbocycles. The number of anilines is 3. The Hall–Kier alpha value is -3.57. The number of nitrogens with one attached hydrogen (secondary N) is 1. The number of hydrogen-bond donors (Lipinski definition) is 2. The smallest absolute Gasteiger partial charge is 0.183 e. The van der Waals surface area contributed by atoms with Crippen molar-refractivity contribution in [2.24, 2.45) is 18.2 Å². The van der Waals surface area contributed by atoms with Crippen molar-refractivity contribution < 1.29 is 4.74 Å². The van der Waals surface area contributed by atoms with Crippen LogP contribution in [0.5, 0.6) is 0 Å². The van der Waals surface area contributed by atoms with Crippen LogP contribution in [0.2, 0.25) is 0 Å². The summed E-state index contributed by atoms with van der Waals surface area (Å²) in [7, 11) is 1.92. The summed E-state index contributed by atoms with van der Waals surface area (Å²) >= 11 is 0. The minimum absolute atomic E-state index is 0.113. The number of piperidine rings is 1. The molecule has 1 spiro atoms. The Morgan fingerprint density at radius 2 is 2.03 bits per heavy atom. The summed E-state index contributed by atoms with van der Waals surface area (Å²) in [5, 5.41) is 12.0. The van der Waals surface area contributed by atoms with E-state index in [1.54, 1.807) is 4.68 Å². The maximum atomic E-state index is 6.35. The van der Waals surface area contributed by atoms with Gasteiger partial charge in [-0.25, -0.2) is 9.97 Å². The molecule has 11 nitrogen and oxygen atoms in total. The van der Waals surface area contributed by atoms with Crippen LogP contribution in [-0.2, 0) is 18.2 Å². The van der Waals surface area contributed by atoms with Crippen molar-refractivity contribution in [1.82, 2.24) is 34.9 Å². The lowest BCUT2D eigenvalue weighted by atomic mass is 9.75. The molecule has 7 heterocycles. The average molecular weight is 487 g/mol.